The highest BCUT2D eigenvalue weighted by Crippen LogP contribution is 2.30. The number of carbonyl (C=O) groups excluding carboxylic acids is 3. The fourth-order valence-corrected chi connectivity index (χ4v) is 4.52. The Balaban J connectivity index is 1.34. The summed E-state index contributed by atoms with van der Waals surface area (Å²) in [6.07, 6.45) is 2.99. The lowest BCUT2D eigenvalue weighted by Crippen LogP contribution is -2.46. The van der Waals surface area contributed by atoms with Crippen LogP contribution < -0.4 is 16.0 Å². The van der Waals surface area contributed by atoms with Crippen molar-refractivity contribution >= 4 is 29.1 Å². The summed E-state index contributed by atoms with van der Waals surface area (Å²) in [4.78, 5) is 41.1. The molecule has 4 rings (SSSR count). The lowest BCUT2D eigenvalue weighted by Gasteiger charge is -2.36. The quantitative estimate of drug-likeness (QED) is 0.777. The van der Waals surface area contributed by atoms with E-state index in [0.717, 1.165) is 36.3 Å². The Morgan fingerprint density at radius 1 is 0.968 bits per heavy atom. The van der Waals surface area contributed by atoms with Crippen LogP contribution in [0.25, 0.3) is 0 Å². The maximum Gasteiger partial charge on any atom is 0.249 e. The Labute approximate surface area is 182 Å². The Kier molecular flexibility index (Phi) is 6.21. The number of rotatable bonds is 5. The van der Waals surface area contributed by atoms with Crippen molar-refractivity contribution in [2.45, 2.75) is 25.7 Å². The monoisotopic (exact) mass is 420 g/mol. The molecule has 3 amide bonds. The molecule has 0 bridgehead atoms. The summed E-state index contributed by atoms with van der Waals surface area (Å²) < 4.78 is 0. The minimum atomic E-state index is -0.430. The standard InChI is InChI=1S/C24H28N4O3/c25-23(30)20-8-4-10-21-19(20)9-5-13-28(21)16-22(29)27-14-11-17(12-15-27)24(31)26-18-6-2-1-3-7-18/h1-4,6-8,10,17H,5,9,11-16H2,(H2,25,30)(H,26,31). The van der Waals surface area contributed by atoms with Gasteiger partial charge in [0.05, 0.1) is 6.54 Å². The number of piperidine rings is 1. The van der Waals surface area contributed by atoms with Crippen molar-refractivity contribution in [1.82, 2.24) is 4.90 Å². The lowest BCUT2D eigenvalue weighted by molar-refractivity contribution is -0.133. The Morgan fingerprint density at radius 3 is 2.42 bits per heavy atom. The second-order valence-electron chi connectivity index (χ2n) is 8.20. The normalized spacial score (nSPS) is 16.5. The molecule has 0 spiro atoms. The molecule has 2 aliphatic heterocycles. The second kappa shape index (κ2) is 9.20. The largest absolute Gasteiger partial charge is 0.366 e. The number of primary amides is 1. The van der Waals surface area contributed by atoms with Gasteiger partial charge in [-0.05, 0) is 55.5 Å². The van der Waals surface area contributed by atoms with Crippen molar-refractivity contribution < 1.29 is 14.4 Å². The van der Waals surface area contributed by atoms with Crippen molar-refractivity contribution in [2.24, 2.45) is 11.7 Å². The Bertz CT molecular complexity index is 968. The molecule has 0 unspecified atom stereocenters. The van der Waals surface area contributed by atoms with Crippen molar-refractivity contribution in [3.63, 3.8) is 0 Å². The lowest BCUT2D eigenvalue weighted by atomic mass is 9.95. The Morgan fingerprint density at radius 2 is 1.71 bits per heavy atom. The van der Waals surface area contributed by atoms with Gasteiger partial charge in [0, 0.05) is 42.5 Å². The van der Waals surface area contributed by atoms with E-state index in [-0.39, 0.29) is 24.3 Å². The van der Waals surface area contributed by atoms with Gasteiger partial charge < -0.3 is 20.9 Å². The molecule has 0 atom stereocenters. The highest BCUT2D eigenvalue weighted by Gasteiger charge is 2.29. The topological polar surface area (TPSA) is 95.7 Å². The number of hydrogen-bond donors (Lipinski definition) is 2. The van der Waals surface area contributed by atoms with E-state index in [4.69, 9.17) is 5.73 Å². The summed E-state index contributed by atoms with van der Waals surface area (Å²) in [5, 5.41) is 2.96. The van der Waals surface area contributed by atoms with Gasteiger partial charge in [-0.3, -0.25) is 14.4 Å². The fraction of sp³-hybridized carbons (Fsp3) is 0.375. The highest BCUT2D eigenvalue weighted by atomic mass is 16.2. The molecule has 0 aromatic heterocycles. The van der Waals surface area contributed by atoms with E-state index in [1.54, 1.807) is 6.07 Å². The first-order chi connectivity index (χ1) is 15.0. The summed E-state index contributed by atoms with van der Waals surface area (Å²) in [5.41, 5.74) is 8.72. The average molecular weight is 421 g/mol. The number of benzene rings is 2. The van der Waals surface area contributed by atoms with Crippen LogP contribution in [-0.4, -0.2) is 48.8 Å². The van der Waals surface area contributed by atoms with Gasteiger partial charge in [0.1, 0.15) is 0 Å². The molecule has 0 saturated carbocycles. The predicted molar refractivity (Wildman–Crippen MR) is 120 cm³/mol. The number of nitrogens with one attached hydrogen (secondary N) is 1. The highest BCUT2D eigenvalue weighted by molar-refractivity contribution is 5.96. The van der Waals surface area contributed by atoms with Gasteiger partial charge in [-0.15, -0.1) is 0 Å². The van der Waals surface area contributed by atoms with E-state index in [1.807, 2.05) is 52.3 Å². The third-order valence-electron chi connectivity index (χ3n) is 6.20. The maximum absolute atomic E-state index is 13.0. The summed E-state index contributed by atoms with van der Waals surface area (Å²) in [6.45, 7) is 2.20. The molecule has 1 fully saturated rings. The number of nitrogens with zero attached hydrogens (tertiary/aromatic N) is 2. The van der Waals surface area contributed by atoms with E-state index < -0.39 is 5.91 Å². The SMILES string of the molecule is NC(=O)c1cccc2c1CCCN2CC(=O)N1CCC(C(=O)Nc2ccccc2)CC1. The number of likely N-dealkylation sites (tertiary alicyclic amines) is 1. The van der Waals surface area contributed by atoms with Crippen LogP contribution in [0.2, 0.25) is 0 Å². The third kappa shape index (κ3) is 4.71. The van der Waals surface area contributed by atoms with Crippen molar-refractivity contribution in [3.05, 3.63) is 59.7 Å². The van der Waals surface area contributed by atoms with E-state index in [9.17, 15) is 14.4 Å². The molecule has 7 heteroatoms. The number of hydrogen-bond acceptors (Lipinski definition) is 4. The number of carbonyl (C=O) groups is 3. The second-order valence-corrected chi connectivity index (χ2v) is 8.20. The zero-order valence-corrected chi connectivity index (χ0v) is 17.5. The summed E-state index contributed by atoms with van der Waals surface area (Å²) in [7, 11) is 0. The fourth-order valence-electron chi connectivity index (χ4n) is 4.52. The van der Waals surface area contributed by atoms with Crippen LogP contribution in [0.15, 0.2) is 48.5 Å². The third-order valence-corrected chi connectivity index (χ3v) is 6.20. The molecule has 0 radical (unpaired) electrons. The molecule has 2 heterocycles. The summed E-state index contributed by atoms with van der Waals surface area (Å²) in [6, 6.07) is 15.0. The molecule has 162 valence electrons. The van der Waals surface area contributed by atoms with Crippen LogP contribution in [0.3, 0.4) is 0 Å². The van der Waals surface area contributed by atoms with E-state index in [0.29, 0.717) is 31.5 Å². The van der Waals surface area contributed by atoms with Crippen LogP contribution in [0.1, 0.15) is 35.2 Å². The minimum absolute atomic E-state index is 0.0160. The van der Waals surface area contributed by atoms with Crippen LogP contribution in [0, 0.1) is 5.92 Å². The van der Waals surface area contributed by atoms with E-state index in [2.05, 4.69) is 5.32 Å². The van der Waals surface area contributed by atoms with Crippen molar-refractivity contribution in [3.8, 4) is 0 Å². The smallest absolute Gasteiger partial charge is 0.249 e. The van der Waals surface area contributed by atoms with Gasteiger partial charge in [0.25, 0.3) is 0 Å². The number of anilines is 2. The molecule has 2 aliphatic rings. The van der Waals surface area contributed by atoms with Gasteiger partial charge in [0.15, 0.2) is 0 Å². The minimum Gasteiger partial charge on any atom is -0.366 e. The molecule has 2 aromatic rings. The molecule has 3 N–H and O–H groups in total. The van der Waals surface area contributed by atoms with Crippen LogP contribution in [-0.2, 0) is 16.0 Å². The number of amides is 3. The van der Waals surface area contributed by atoms with Gasteiger partial charge in [-0.1, -0.05) is 24.3 Å². The number of fused-ring (bicyclic) bond motifs is 1. The first-order valence-electron chi connectivity index (χ1n) is 10.8. The van der Waals surface area contributed by atoms with Gasteiger partial charge in [-0.25, -0.2) is 0 Å². The van der Waals surface area contributed by atoms with Crippen LogP contribution >= 0.6 is 0 Å². The predicted octanol–water partition coefficient (Wildman–Crippen LogP) is 2.42. The molecule has 1 saturated heterocycles. The Hall–Kier alpha value is -3.35. The average Bonchev–Trinajstić information content (AvgIpc) is 2.79. The number of para-hydroxylation sites is 1. The molecule has 7 nitrogen and oxygen atoms in total. The van der Waals surface area contributed by atoms with Crippen LogP contribution in [0.5, 0.6) is 0 Å². The molecule has 2 aromatic carbocycles. The van der Waals surface area contributed by atoms with Crippen molar-refractivity contribution in [1.29, 1.82) is 0 Å². The van der Waals surface area contributed by atoms with E-state index >= 15 is 0 Å². The molecule has 0 aliphatic carbocycles. The van der Waals surface area contributed by atoms with Crippen molar-refractivity contribution in [2.75, 3.05) is 36.4 Å². The molecular weight excluding hydrogens is 392 g/mol. The first-order valence-corrected chi connectivity index (χ1v) is 10.8. The zero-order chi connectivity index (χ0) is 21.8. The van der Waals surface area contributed by atoms with E-state index in [1.165, 1.54) is 0 Å². The van der Waals surface area contributed by atoms with Gasteiger partial charge >= 0.3 is 0 Å². The molecule has 31 heavy (non-hydrogen) atoms. The zero-order valence-electron chi connectivity index (χ0n) is 17.5. The van der Waals surface area contributed by atoms with Gasteiger partial charge in [-0.2, -0.15) is 0 Å². The number of nitrogens with two attached hydrogens (primary N) is 1. The summed E-state index contributed by atoms with van der Waals surface area (Å²) in [5.74, 6) is -0.444. The maximum atomic E-state index is 13.0. The van der Waals surface area contributed by atoms with Gasteiger partial charge in [0.2, 0.25) is 17.7 Å². The summed E-state index contributed by atoms with van der Waals surface area (Å²) >= 11 is 0. The molecular formula is C24H28N4O3. The van der Waals surface area contributed by atoms with Crippen LogP contribution in [0.4, 0.5) is 11.4 Å². The first kappa shape index (κ1) is 20.9.